The summed E-state index contributed by atoms with van der Waals surface area (Å²) in [4.78, 5) is 15.1. The van der Waals surface area contributed by atoms with Crippen molar-refractivity contribution in [1.29, 1.82) is 0 Å². The molecule has 1 aromatic heterocycles. The van der Waals surface area contributed by atoms with E-state index in [0.717, 1.165) is 11.4 Å². The summed E-state index contributed by atoms with van der Waals surface area (Å²) in [6.45, 7) is 6.66. The summed E-state index contributed by atoms with van der Waals surface area (Å²) >= 11 is 6.14. The monoisotopic (exact) mass is 389 g/mol. The largest absolute Gasteiger partial charge is 0.347 e. The molecule has 0 N–H and O–H groups in total. The molecule has 2 aliphatic rings. The van der Waals surface area contributed by atoms with Crippen molar-refractivity contribution in [3.8, 4) is 5.69 Å². The van der Waals surface area contributed by atoms with Crippen LogP contribution in [0.1, 0.15) is 48.7 Å². The molecule has 7 heteroatoms. The summed E-state index contributed by atoms with van der Waals surface area (Å²) in [6, 6.07) is 7.51. The number of carbonyl (C=O) groups excluding carboxylic acids is 1. The summed E-state index contributed by atoms with van der Waals surface area (Å²) in [7, 11) is 0. The van der Waals surface area contributed by atoms with E-state index in [9.17, 15) is 4.79 Å². The van der Waals surface area contributed by atoms with E-state index in [1.807, 2.05) is 33.8 Å². The first-order chi connectivity index (χ1) is 13.0. The molecular formula is C20H24ClN3O3. The summed E-state index contributed by atoms with van der Waals surface area (Å²) in [5.74, 6) is -0.328. The number of hydrogen-bond donors (Lipinski definition) is 0. The number of carbonyl (C=O) groups is 1. The second-order valence-corrected chi connectivity index (χ2v) is 7.83. The molecule has 1 spiro atoms. The third kappa shape index (κ3) is 3.49. The lowest BCUT2D eigenvalue weighted by molar-refractivity contribution is -0.181. The molecule has 0 unspecified atom stereocenters. The molecule has 1 amide bonds. The maximum absolute atomic E-state index is 13.2. The summed E-state index contributed by atoms with van der Waals surface area (Å²) in [6.07, 6.45) is 3.09. The molecule has 144 valence electrons. The third-order valence-electron chi connectivity index (χ3n) is 5.26. The molecule has 6 nitrogen and oxygen atoms in total. The zero-order valence-corrected chi connectivity index (χ0v) is 16.4. The van der Waals surface area contributed by atoms with Gasteiger partial charge in [0.15, 0.2) is 5.79 Å². The van der Waals surface area contributed by atoms with Crippen LogP contribution >= 0.6 is 11.6 Å². The standard InChI is InChI=1S/C20H24ClN3O3/c1-14(2)18-17(13-22-24(18)16-5-3-4-15(21)12-16)19(25)23-8-6-20(7-9-23)26-10-11-27-20/h3-5,12-14H,6-11H2,1-2H3. The number of rotatable bonds is 3. The van der Waals surface area contributed by atoms with Crippen LogP contribution in [0.25, 0.3) is 5.69 Å². The van der Waals surface area contributed by atoms with Crippen LogP contribution in [0.15, 0.2) is 30.5 Å². The van der Waals surface area contributed by atoms with Gasteiger partial charge in [0, 0.05) is 31.0 Å². The predicted molar refractivity (Wildman–Crippen MR) is 102 cm³/mol. The Morgan fingerprint density at radius 2 is 1.93 bits per heavy atom. The van der Waals surface area contributed by atoms with Gasteiger partial charge < -0.3 is 14.4 Å². The van der Waals surface area contributed by atoms with Crippen LogP contribution in [-0.2, 0) is 9.47 Å². The molecule has 3 heterocycles. The molecule has 2 fully saturated rings. The quantitative estimate of drug-likeness (QED) is 0.804. The van der Waals surface area contributed by atoms with Gasteiger partial charge in [0.1, 0.15) is 0 Å². The van der Waals surface area contributed by atoms with E-state index in [0.29, 0.717) is 49.7 Å². The van der Waals surface area contributed by atoms with Crippen LogP contribution in [0.5, 0.6) is 0 Å². The molecule has 2 saturated heterocycles. The average molecular weight is 390 g/mol. The minimum absolute atomic E-state index is 0.0137. The van der Waals surface area contributed by atoms with Crippen molar-refractivity contribution >= 4 is 17.5 Å². The summed E-state index contributed by atoms with van der Waals surface area (Å²) < 4.78 is 13.3. The first-order valence-electron chi connectivity index (χ1n) is 9.40. The van der Waals surface area contributed by atoms with Crippen molar-refractivity contribution < 1.29 is 14.3 Å². The van der Waals surface area contributed by atoms with Crippen LogP contribution in [0, 0.1) is 0 Å². The molecule has 1 aromatic carbocycles. The normalized spacial score (nSPS) is 19.2. The zero-order chi connectivity index (χ0) is 19.0. The van der Waals surface area contributed by atoms with Crippen molar-refractivity contribution in [1.82, 2.24) is 14.7 Å². The number of amides is 1. The number of benzene rings is 1. The predicted octanol–water partition coefficient (Wildman–Crippen LogP) is 3.63. The molecule has 4 rings (SSSR count). The van der Waals surface area contributed by atoms with E-state index in [-0.39, 0.29) is 11.8 Å². The Kier molecular flexibility index (Phi) is 4.97. The van der Waals surface area contributed by atoms with Crippen molar-refractivity contribution in [3.63, 3.8) is 0 Å². The number of halogens is 1. The highest BCUT2D eigenvalue weighted by molar-refractivity contribution is 6.30. The molecular weight excluding hydrogens is 366 g/mol. The summed E-state index contributed by atoms with van der Waals surface area (Å²) in [5, 5.41) is 5.14. The molecule has 0 bridgehead atoms. The maximum Gasteiger partial charge on any atom is 0.257 e. The van der Waals surface area contributed by atoms with Gasteiger partial charge in [-0.25, -0.2) is 4.68 Å². The maximum atomic E-state index is 13.2. The Bertz CT molecular complexity index is 833. The molecule has 0 radical (unpaired) electrons. The highest BCUT2D eigenvalue weighted by Crippen LogP contribution is 2.33. The Balaban J connectivity index is 1.59. The van der Waals surface area contributed by atoms with Gasteiger partial charge >= 0.3 is 0 Å². The Morgan fingerprint density at radius 1 is 1.22 bits per heavy atom. The number of aromatic nitrogens is 2. The van der Waals surface area contributed by atoms with Crippen LogP contribution in [0.3, 0.4) is 0 Å². The summed E-state index contributed by atoms with van der Waals surface area (Å²) in [5.41, 5.74) is 2.40. The lowest BCUT2D eigenvalue weighted by Crippen LogP contribution is -2.47. The molecule has 27 heavy (non-hydrogen) atoms. The second-order valence-electron chi connectivity index (χ2n) is 7.39. The van der Waals surface area contributed by atoms with Crippen molar-refractivity contribution in [2.45, 2.75) is 38.4 Å². The minimum Gasteiger partial charge on any atom is -0.347 e. The lowest BCUT2D eigenvalue weighted by atomic mass is 10.0. The van der Waals surface area contributed by atoms with E-state index in [4.69, 9.17) is 21.1 Å². The topological polar surface area (TPSA) is 56.6 Å². The van der Waals surface area contributed by atoms with E-state index in [1.54, 1.807) is 6.20 Å². The van der Waals surface area contributed by atoms with E-state index in [2.05, 4.69) is 18.9 Å². The number of likely N-dealkylation sites (tertiary alicyclic amines) is 1. The smallest absolute Gasteiger partial charge is 0.257 e. The average Bonchev–Trinajstić information content (AvgIpc) is 3.29. The molecule has 2 aliphatic heterocycles. The fourth-order valence-corrected chi connectivity index (χ4v) is 4.08. The number of ether oxygens (including phenoxy) is 2. The second kappa shape index (κ2) is 7.26. The van der Waals surface area contributed by atoms with Gasteiger partial charge in [-0.15, -0.1) is 0 Å². The van der Waals surface area contributed by atoms with Gasteiger partial charge in [-0.1, -0.05) is 31.5 Å². The van der Waals surface area contributed by atoms with Crippen molar-refractivity contribution in [2.75, 3.05) is 26.3 Å². The van der Waals surface area contributed by atoms with Crippen molar-refractivity contribution in [3.05, 3.63) is 46.7 Å². The highest BCUT2D eigenvalue weighted by Gasteiger charge is 2.41. The molecule has 0 atom stereocenters. The fraction of sp³-hybridized carbons (Fsp3) is 0.500. The van der Waals surface area contributed by atoms with Gasteiger partial charge in [0.2, 0.25) is 0 Å². The van der Waals surface area contributed by atoms with Gasteiger partial charge in [0.25, 0.3) is 5.91 Å². The minimum atomic E-state index is -0.484. The number of hydrogen-bond acceptors (Lipinski definition) is 4. The Labute approximate surface area is 164 Å². The Morgan fingerprint density at radius 3 is 2.56 bits per heavy atom. The molecule has 0 saturated carbocycles. The fourth-order valence-electron chi connectivity index (χ4n) is 3.90. The van der Waals surface area contributed by atoms with E-state index in [1.165, 1.54) is 0 Å². The van der Waals surface area contributed by atoms with Crippen LogP contribution in [0.4, 0.5) is 0 Å². The number of piperidine rings is 1. The van der Waals surface area contributed by atoms with Crippen LogP contribution < -0.4 is 0 Å². The molecule has 2 aromatic rings. The van der Waals surface area contributed by atoms with Gasteiger partial charge in [-0.3, -0.25) is 4.79 Å². The third-order valence-corrected chi connectivity index (χ3v) is 5.50. The van der Waals surface area contributed by atoms with Gasteiger partial charge in [-0.05, 0) is 24.1 Å². The van der Waals surface area contributed by atoms with Crippen LogP contribution in [0.2, 0.25) is 5.02 Å². The first kappa shape index (κ1) is 18.5. The zero-order valence-electron chi connectivity index (χ0n) is 15.7. The van der Waals surface area contributed by atoms with Gasteiger partial charge in [-0.2, -0.15) is 5.10 Å². The van der Waals surface area contributed by atoms with Gasteiger partial charge in [0.05, 0.1) is 36.4 Å². The first-order valence-corrected chi connectivity index (χ1v) is 9.78. The SMILES string of the molecule is CC(C)c1c(C(=O)N2CCC3(CC2)OCCO3)cnn1-c1cccc(Cl)c1. The Hall–Kier alpha value is -1.89. The van der Waals surface area contributed by atoms with E-state index >= 15 is 0 Å². The lowest BCUT2D eigenvalue weighted by Gasteiger charge is -2.37. The number of nitrogens with zero attached hydrogens (tertiary/aromatic N) is 3. The van der Waals surface area contributed by atoms with E-state index < -0.39 is 5.79 Å². The van der Waals surface area contributed by atoms with Crippen LogP contribution in [-0.4, -0.2) is 52.7 Å². The highest BCUT2D eigenvalue weighted by atomic mass is 35.5. The van der Waals surface area contributed by atoms with Crippen molar-refractivity contribution in [2.24, 2.45) is 0 Å². The molecule has 0 aliphatic carbocycles.